The number of anilines is 2. The zero-order valence-corrected chi connectivity index (χ0v) is 17.1. The Hall–Kier alpha value is -1.64. The molecule has 1 aromatic carbocycles. The Morgan fingerprint density at radius 2 is 2.19 bits per heavy atom. The van der Waals surface area contributed by atoms with Gasteiger partial charge in [-0.25, -0.2) is 9.78 Å². The Bertz CT molecular complexity index is 905. The highest BCUT2D eigenvalue weighted by Crippen LogP contribution is 2.47. The number of carbonyl (C=O) groups is 2. The quantitative estimate of drug-likeness (QED) is 0.704. The van der Waals surface area contributed by atoms with Crippen molar-refractivity contribution in [2.75, 3.05) is 29.9 Å². The molecular weight excluding hydrogens is 440 g/mol. The Labute approximate surface area is 168 Å². The maximum absolute atomic E-state index is 12.9. The zero-order valence-electron chi connectivity index (χ0n) is 14.0. The lowest BCUT2D eigenvalue weighted by atomic mass is 9.81. The van der Waals surface area contributed by atoms with Crippen molar-refractivity contribution in [3.63, 3.8) is 0 Å². The molecule has 1 atom stereocenters. The number of amides is 3. The smallest absolute Gasteiger partial charge is 0.328 e. The van der Waals surface area contributed by atoms with Gasteiger partial charge < -0.3 is 4.90 Å². The molecule has 9 heteroatoms. The Kier molecular flexibility index (Phi) is 4.45. The average molecular weight is 456 g/mol. The number of thiazole rings is 1. The molecule has 136 valence electrons. The molecule has 1 spiro atoms. The Morgan fingerprint density at radius 3 is 2.85 bits per heavy atom. The maximum atomic E-state index is 12.9. The van der Waals surface area contributed by atoms with Crippen molar-refractivity contribution in [2.45, 2.75) is 18.8 Å². The first-order chi connectivity index (χ1) is 12.4. The Balaban J connectivity index is 1.66. The van der Waals surface area contributed by atoms with Gasteiger partial charge in [-0.3, -0.25) is 15.0 Å². The molecule has 3 amide bonds. The monoisotopic (exact) mass is 454 g/mol. The fourth-order valence-electron chi connectivity index (χ4n) is 3.78. The molecule has 0 radical (unpaired) electrons. The fourth-order valence-corrected chi connectivity index (χ4v) is 4.95. The van der Waals surface area contributed by atoms with Crippen molar-refractivity contribution in [3.05, 3.63) is 38.8 Å². The van der Waals surface area contributed by atoms with Gasteiger partial charge in [-0.05, 0) is 30.2 Å². The highest BCUT2D eigenvalue weighted by molar-refractivity contribution is 9.10. The van der Waals surface area contributed by atoms with E-state index in [1.807, 2.05) is 17.0 Å². The minimum absolute atomic E-state index is 0.0683. The molecule has 2 aromatic rings. The molecule has 6 nitrogen and oxygen atoms in total. The number of carbonyl (C=O) groups excluding carboxylic acids is 2. The van der Waals surface area contributed by atoms with Crippen molar-refractivity contribution in [2.24, 2.45) is 0 Å². The third-order valence-corrected chi connectivity index (χ3v) is 6.54. The number of nitrogens with zero attached hydrogens (tertiary/aromatic N) is 3. The normalized spacial score (nSPS) is 21.3. The molecule has 4 rings (SSSR count). The van der Waals surface area contributed by atoms with Crippen LogP contribution in [-0.2, 0) is 10.2 Å². The zero-order chi connectivity index (χ0) is 18.5. The van der Waals surface area contributed by atoms with Crippen molar-refractivity contribution < 1.29 is 9.59 Å². The van der Waals surface area contributed by atoms with Gasteiger partial charge >= 0.3 is 6.03 Å². The fraction of sp³-hybridized carbons (Fsp3) is 0.353. The second-order valence-corrected chi connectivity index (χ2v) is 9.20. The van der Waals surface area contributed by atoms with Crippen molar-refractivity contribution in [1.82, 2.24) is 9.88 Å². The van der Waals surface area contributed by atoms with Crippen LogP contribution in [0.25, 0.3) is 0 Å². The summed E-state index contributed by atoms with van der Waals surface area (Å²) in [5.74, 6) is 0.0683. The Morgan fingerprint density at radius 1 is 1.38 bits per heavy atom. The topological polar surface area (TPSA) is 65.5 Å². The first-order valence-electron chi connectivity index (χ1n) is 8.13. The number of nitrogens with one attached hydrogen (secondary N) is 1. The number of hydrogen-bond donors (Lipinski definition) is 1. The predicted octanol–water partition coefficient (Wildman–Crippen LogP) is 4.10. The minimum atomic E-state index is -0.238. The van der Waals surface area contributed by atoms with E-state index in [1.165, 1.54) is 17.5 Å². The van der Waals surface area contributed by atoms with Gasteiger partial charge in [0.15, 0.2) is 5.13 Å². The summed E-state index contributed by atoms with van der Waals surface area (Å²) < 4.78 is 1.49. The molecule has 2 aliphatic rings. The highest BCUT2D eigenvalue weighted by atomic mass is 79.9. The number of urea groups is 1. The predicted molar refractivity (Wildman–Crippen MR) is 106 cm³/mol. The summed E-state index contributed by atoms with van der Waals surface area (Å²) in [7, 11) is 0. The molecule has 26 heavy (non-hydrogen) atoms. The van der Waals surface area contributed by atoms with E-state index in [0.29, 0.717) is 29.1 Å². The van der Waals surface area contributed by atoms with Gasteiger partial charge in [0.2, 0.25) is 5.91 Å². The van der Waals surface area contributed by atoms with E-state index >= 15 is 0 Å². The van der Waals surface area contributed by atoms with E-state index in [-0.39, 0.29) is 17.4 Å². The van der Waals surface area contributed by atoms with Gasteiger partial charge in [0.1, 0.15) is 4.34 Å². The molecule has 0 saturated carbocycles. The SMILES string of the molecule is CC(=O)N1CC[C@]2(C1)CN(C(=O)Nc1ncc(Cl)s1)c1ccc(Br)cc12. The molecule has 3 heterocycles. The summed E-state index contributed by atoms with van der Waals surface area (Å²) in [6.45, 7) is 3.46. The summed E-state index contributed by atoms with van der Waals surface area (Å²) in [6.07, 6.45) is 2.35. The molecule has 0 bridgehead atoms. The van der Waals surface area contributed by atoms with E-state index in [4.69, 9.17) is 11.6 Å². The molecule has 1 fully saturated rings. The van der Waals surface area contributed by atoms with E-state index in [9.17, 15) is 9.59 Å². The van der Waals surface area contributed by atoms with E-state index < -0.39 is 0 Å². The molecular formula is C17H16BrClN4O2S. The van der Waals surface area contributed by atoms with Crippen LogP contribution in [-0.4, -0.2) is 41.5 Å². The summed E-state index contributed by atoms with van der Waals surface area (Å²) in [4.78, 5) is 32.4. The summed E-state index contributed by atoms with van der Waals surface area (Å²) in [5, 5.41) is 3.29. The second kappa shape index (κ2) is 6.51. The number of halogens is 2. The largest absolute Gasteiger partial charge is 0.342 e. The van der Waals surface area contributed by atoms with Crippen LogP contribution >= 0.6 is 38.9 Å². The van der Waals surface area contributed by atoms with Crippen LogP contribution in [0.5, 0.6) is 0 Å². The number of fused-ring (bicyclic) bond motifs is 2. The number of likely N-dealkylation sites (tertiary alicyclic amines) is 1. The van der Waals surface area contributed by atoms with Gasteiger partial charge in [0, 0.05) is 42.1 Å². The van der Waals surface area contributed by atoms with Gasteiger partial charge in [-0.2, -0.15) is 0 Å². The van der Waals surface area contributed by atoms with Crippen LogP contribution in [0.2, 0.25) is 4.34 Å². The minimum Gasteiger partial charge on any atom is -0.342 e. The van der Waals surface area contributed by atoms with Crippen LogP contribution in [0, 0.1) is 0 Å². The van der Waals surface area contributed by atoms with Gasteiger partial charge in [0.25, 0.3) is 0 Å². The molecule has 0 aliphatic carbocycles. The van der Waals surface area contributed by atoms with Crippen molar-refractivity contribution in [1.29, 1.82) is 0 Å². The van der Waals surface area contributed by atoms with Crippen LogP contribution in [0.4, 0.5) is 15.6 Å². The van der Waals surface area contributed by atoms with Gasteiger partial charge in [-0.1, -0.05) is 38.9 Å². The standard InChI is InChI=1S/C17H16BrClN4O2S/c1-10(24)22-5-4-17(8-22)9-23(13-3-2-11(18)6-12(13)17)16(25)21-15-20-7-14(19)26-15/h2-3,6-7H,4-5,8-9H2,1H3,(H,20,21,25)/t17-/m0/s1. The highest BCUT2D eigenvalue weighted by Gasteiger charge is 2.49. The molecule has 2 aliphatic heterocycles. The van der Waals surface area contributed by atoms with Crippen molar-refractivity contribution >= 4 is 61.6 Å². The second-order valence-electron chi connectivity index (χ2n) is 6.62. The molecule has 1 aromatic heterocycles. The maximum Gasteiger partial charge on any atom is 0.328 e. The first kappa shape index (κ1) is 17.8. The van der Waals surface area contributed by atoms with E-state index in [0.717, 1.165) is 22.1 Å². The third kappa shape index (κ3) is 3.00. The summed E-state index contributed by atoms with van der Waals surface area (Å²) >= 11 is 10.6. The van der Waals surface area contributed by atoms with Crippen LogP contribution < -0.4 is 10.2 Å². The first-order valence-corrected chi connectivity index (χ1v) is 10.1. The number of aromatic nitrogens is 1. The van der Waals surface area contributed by atoms with E-state index in [2.05, 4.69) is 32.3 Å². The van der Waals surface area contributed by atoms with E-state index in [1.54, 1.807) is 11.8 Å². The lowest BCUT2D eigenvalue weighted by molar-refractivity contribution is -0.127. The lowest BCUT2D eigenvalue weighted by Crippen LogP contribution is -2.41. The van der Waals surface area contributed by atoms with Crippen LogP contribution in [0.15, 0.2) is 28.9 Å². The van der Waals surface area contributed by atoms with Crippen LogP contribution in [0.3, 0.4) is 0 Å². The lowest BCUT2D eigenvalue weighted by Gasteiger charge is -2.25. The molecule has 0 unspecified atom stereocenters. The number of rotatable bonds is 1. The van der Waals surface area contributed by atoms with Gasteiger partial charge in [0.05, 0.1) is 6.20 Å². The number of hydrogen-bond acceptors (Lipinski definition) is 4. The van der Waals surface area contributed by atoms with Gasteiger partial charge in [-0.15, -0.1) is 0 Å². The molecule has 1 N–H and O–H groups in total. The number of benzene rings is 1. The molecule has 1 saturated heterocycles. The summed E-state index contributed by atoms with van der Waals surface area (Å²) in [6, 6.07) is 5.69. The van der Waals surface area contributed by atoms with Crippen molar-refractivity contribution in [3.8, 4) is 0 Å². The van der Waals surface area contributed by atoms with Crippen LogP contribution in [0.1, 0.15) is 18.9 Å². The average Bonchev–Trinajstić information content (AvgIpc) is 3.27. The third-order valence-electron chi connectivity index (χ3n) is 5.02. The summed E-state index contributed by atoms with van der Waals surface area (Å²) in [5.41, 5.74) is 1.74.